The summed E-state index contributed by atoms with van der Waals surface area (Å²) in [5.74, 6) is -1.67. The van der Waals surface area contributed by atoms with Gasteiger partial charge in [-0.1, -0.05) is 23.2 Å². The maximum Gasteiger partial charge on any atom is 0.337 e. The molecule has 0 heterocycles. The number of nitrogen functional groups attached to an aromatic ring is 1. The van der Waals surface area contributed by atoms with E-state index in [-0.39, 0.29) is 21.3 Å². The highest BCUT2D eigenvalue weighted by molar-refractivity contribution is 6.39. The van der Waals surface area contributed by atoms with Crippen molar-refractivity contribution in [2.75, 3.05) is 11.1 Å². The molecule has 0 aliphatic heterocycles. The van der Waals surface area contributed by atoms with Gasteiger partial charge < -0.3 is 16.2 Å². The molecule has 104 valence electrons. The fourth-order valence-electron chi connectivity index (χ4n) is 1.64. The molecule has 0 radical (unpaired) electrons. The van der Waals surface area contributed by atoms with Crippen LogP contribution in [-0.4, -0.2) is 11.1 Å². The second-order valence-corrected chi connectivity index (χ2v) is 4.79. The monoisotopic (exact) mass is 314 g/mol. The lowest BCUT2D eigenvalue weighted by Crippen LogP contribution is -2.03. The predicted octanol–water partition coefficient (Wildman–Crippen LogP) is 4.16. The highest BCUT2D eigenvalue weighted by Crippen LogP contribution is 2.34. The summed E-state index contributed by atoms with van der Waals surface area (Å²) in [5.41, 5.74) is 6.52. The Morgan fingerprint density at radius 2 is 1.80 bits per heavy atom. The molecular weight excluding hydrogens is 306 g/mol. The Hall–Kier alpha value is -1.98. The van der Waals surface area contributed by atoms with Gasteiger partial charge in [0.05, 0.1) is 21.3 Å². The summed E-state index contributed by atoms with van der Waals surface area (Å²) in [5, 5.41) is 12.0. The van der Waals surface area contributed by atoms with Gasteiger partial charge in [-0.25, -0.2) is 9.18 Å². The molecule has 2 aromatic rings. The quantitative estimate of drug-likeness (QED) is 0.744. The fourth-order valence-corrected chi connectivity index (χ4v) is 2.20. The number of benzene rings is 2. The van der Waals surface area contributed by atoms with Crippen LogP contribution in [0, 0.1) is 5.82 Å². The first kappa shape index (κ1) is 14.4. The third kappa shape index (κ3) is 2.95. The lowest BCUT2D eigenvalue weighted by molar-refractivity contribution is 0.0698. The van der Waals surface area contributed by atoms with Gasteiger partial charge in [0.15, 0.2) is 0 Å². The Kier molecular flexibility index (Phi) is 4.01. The minimum Gasteiger partial charge on any atom is -0.478 e. The van der Waals surface area contributed by atoms with Crippen molar-refractivity contribution in [3.63, 3.8) is 0 Å². The van der Waals surface area contributed by atoms with Crippen molar-refractivity contribution in [1.29, 1.82) is 0 Å². The van der Waals surface area contributed by atoms with E-state index >= 15 is 0 Å². The third-order valence-electron chi connectivity index (χ3n) is 2.56. The molecule has 20 heavy (non-hydrogen) atoms. The molecule has 4 N–H and O–H groups in total. The Bertz CT molecular complexity index is 669. The first-order valence-electron chi connectivity index (χ1n) is 5.43. The zero-order chi connectivity index (χ0) is 14.9. The number of carbonyl (C=O) groups is 1. The lowest BCUT2D eigenvalue weighted by Gasteiger charge is -2.12. The van der Waals surface area contributed by atoms with Crippen molar-refractivity contribution in [3.05, 3.63) is 51.8 Å². The number of anilines is 3. The molecule has 0 atom stereocenters. The minimum atomic E-state index is -1.12. The smallest absolute Gasteiger partial charge is 0.337 e. The van der Waals surface area contributed by atoms with Crippen LogP contribution in [0.15, 0.2) is 30.3 Å². The van der Waals surface area contributed by atoms with E-state index < -0.39 is 11.8 Å². The standard InChI is InChI=1S/C13H9Cl2FN2O2/c14-9-3-6(16)4-10(15)12(9)18-7-1-2-8(13(19)20)11(17)5-7/h1-5,18H,17H2,(H,19,20). The predicted molar refractivity (Wildman–Crippen MR) is 77.5 cm³/mol. The number of halogens is 3. The number of nitrogens with one attached hydrogen (secondary N) is 1. The molecule has 0 aliphatic rings. The van der Waals surface area contributed by atoms with Crippen LogP contribution in [0.25, 0.3) is 0 Å². The molecule has 0 saturated carbocycles. The summed E-state index contributed by atoms with van der Waals surface area (Å²) < 4.78 is 13.1. The van der Waals surface area contributed by atoms with E-state index in [0.29, 0.717) is 11.4 Å². The second kappa shape index (κ2) is 5.56. The Labute approximate surface area is 123 Å². The van der Waals surface area contributed by atoms with Crippen molar-refractivity contribution < 1.29 is 14.3 Å². The SMILES string of the molecule is Nc1cc(Nc2c(Cl)cc(F)cc2Cl)ccc1C(=O)O. The van der Waals surface area contributed by atoms with Gasteiger partial charge in [-0.05, 0) is 30.3 Å². The highest BCUT2D eigenvalue weighted by Gasteiger charge is 2.11. The van der Waals surface area contributed by atoms with Crippen molar-refractivity contribution in [2.24, 2.45) is 0 Å². The summed E-state index contributed by atoms with van der Waals surface area (Å²) in [7, 11) is 0. The van der Waals surface area contributed by atoms with Crippen LogP contribution in [0.1, 0.15) is 10.4 Å². The molecule has 0 saturated heterocycles. The van der Waals surface area contributed by atoms with Crippen LogP contribution in [-0.2, 0) is 0 Å². The van der Waals surface area contributed by atoms with Crippen LogP contribution in [0.4, 0.5) is 21.5 Å². The Morgan fingerprint density at radius 1 is 1.20 bits per heavy atom. The van der Waals surface area contributed by atoms with Crippen LogP contribution in [0.2, 0.25) is 10.0 Å². The van der Waals surface area contributed by atoms with Crippen LogP contribution >= 0.6 is 23.2 Å². The largest absolute Gasteiger partial charge is 0.478 e. The molecule has 2 aromatic carbocycles. The molecule has 0 bridgehead atoms. The maximum atomic E-state index is 13.1. The zero-order valence-electron chi connectivity index (χ0n) is 9.95. The molecule has 0 fully saturated rings. The minimum absolute atomic E-state index is 0.00755. The molecule has 0 aliphatic carbocycles. The first-order chi connectivity index (χ1) is 9.38. The van der Waals surface area contributed by atoms with Gasteiger partial charge >= 0.3 is 5.97 Å². The van der Waals surface area contributed by atoms with Gasteiger partial charge in [-0.15, -0.1) is 0 Å². The van der Waals surface area contributed by atoms with Crippen molar-refractivity contribution in [3.8, 4) is 0 Å². The van der Waals surface area contributed by atoms with Gasteiger partial charge in [-0.2, -0.15) is 0 Å². The molecule has 2 rings (SSSR count). The molecule has 4 nitrogen and oxygen atoms in total. The second-order valence-electron chi connectivity index (χ2n) is 3.98. The number of nitrogens with two attached hydrogens (primary N) is 1. The average Bonchev–Trinajstić information content (AvgIpc) is 2.33. The third-order valence-corrected chi connectivity index (χ3v) is 3.15. The summed E-state index contributed by atoms with van der Waals surface area (Å²) in [6.45, 7) is 0. The van der Waals surface area contributed by atoms with E-state index in [1.807, 2.05) is 0 Å². The van der Waals surface area contributed by atoms with Crippen LogP contribution < -0.4 is 11.1 Å². The summed E-state index contributed by atoms with van der Waals surface area (Å²) in [6, 6.07) is 6.52. The average molecular weight is 315 g/mol. The van der Waals surface area contributed by atoms with Gasteiger partial charge in [-0.3, -0.25) is 0 Å². The first-order valence-corrected chi connectivity index (χ1v) is 6.18. The Balaban J connectivity index is 2.36. The van der Waals surface area contributed by atoms with E-state index in [1.54, 1.807) is 0 Å². The van der Waals surface area contributed by atoms with E-state index in [2.05, 4.69) is 5.32 Å². The number of carboxylic acid groups (broad SMARTS) is 1. The normalized spacial score (nSPS) is 10.3. The van der Waals surface area contributed by atoms with Crippen LogP contribution in [0.5, 0.6) is 0 Å². The molecule has 0 amide bonds. The summed E-state index contributed by atoms with van der Waals surface area (Å²) in [4.78, 5) is 10.9. The topological polar surface area (TPSA) is 75.3 Å². The number of carboxylic acids is 1. The van der Waals surface area contributed by atoms with E-state index in [9.17, 15) is 9.18 Å². The van der Waals surface area contributed by atoms with Gasteiger partial charge in [0.2, 0.25) is 0 Å². The molecule has 0 spiro atoms. The summed E-state index contributed by atoms with van der Waals surface area (Å²) >= 11 is 11.8. The summed E-state index contributed by atoms with van der Waals surface area (Å²) in [6.07, 6.45) is 0. The highest BCUT2D eigenvalue weighted by atomic mass is 35.5. The number of hydrogen-bond donors (Lipinski definition) is 3. The van der Waals surface area contributed by atoms with Crippen LogP contribution in [0.3, 0.4) is 0 Å². The van der Waals surface area contributed by atoms with E-state index in [4.69, 9.17) is 34.0 Å². The number of rotatable bonds is 3. The van der Waals surface area contributed by atoms with Crippen molar-refractivity contribution in [1.82, 2.24) is 0 Å². The van der Waals surface area contributed by atoms with Gasteiger partial charge in [0.1, 0.15) is 5.82 Å². The van der Waals surface area contributed by atoms with Gasteiger partial charge in [0, 0.05) is 11.4 Å². The molecule has 0 unspecified atom stereocenters. The Morgan fingerprint density at radius 3 is 2.30 bits per heavy atom. The maximum absolute atomic E-state index is 13.1. The lowest BCUT2D eigenvalue weighted by atomic mass is 10.1. The number of hydrogen-bond acceptors (Lipinski definition) is 3. The zero-order valence-corrected chi connectivity index (χ0v) is 11.5. The van der Waals surface area contributed by atoms with E-state index in [0.717, 1.165) is 12.1 Å². The van der Waals surface area contributed by atoms with Crippen molar-refractivity contribution in [2.45, 2.75) is 0 Å². The number of aromatic carboxylic acids is 1. The van der Waals surface area contributed by atoms with E-state index in [1.165, 1.54) is 18.2 Å². The van der Waals surface area contributed by atoms with Crippen molar-refractivity contribution >= 4 is 46.2 Å². The molecule has 0 aromatic heterocycles. The molecule has 7 heteroatoms. The molecular formula is C13H9Cl2FN2O2. The van der Waals surface area contributed by atoms with Gasteiger partial charge in [0.25, 0.3) is 0 Å². The fraction of sp³-hybridized carbons (Fsp3) is 0.